The van der Waals surface area contributed by atoms with Gasteiger partial charge in [0.05, 0.1) is 58.3 Å². The van der Waals surface area contributed by atoms with Gasteiger partial charge in [0.25, 0.3) is 0 Å². The number of nitrogens with zero attached hydrogens (tertiary/aromatic N) is 1. The van der Waals surface area contributed by atoms with E-state index in [1.165, 1.54) is 104 Å². The molecule has 0 N–H and O–H groups in total. The molecule has 1 aliphatic carbocycles. The van der Waals surface area contributed by atoms with Crippen molar-refractivity contribution in [1.82, 2.24) is 4.98 Å². The second-order valence-electron chi connectivity index (χ2n) is 17.2. The van der Waals surface area contributed by atoms with Crippen molar-refractivity contribution >= 4 is 231 Å². The standard InChI is InChI=1S/C25H42B19N/c1-22(39)6-4-11(29)8(26)2-3(10(28)15(33)14(32)9(2)27)19(4)45-20(5-12(30)16(34)18(36)17(35)13(5)31)7(6)23(40,25(22,43)44)24(41,42)21(37)38/h21H,26-44H2,1H3. The smallest absolute Gasteiger partial charge is 0.139 e. The van der Waals surface area contributed by atoms with Gasteiger partial charge in [0.2, 0.25) is 0 Å². The number of rotatable bonds is 3. The minimum Gasteiger partial charge on any atom is -0.247 e. The van der Waals surface area contributed by atoms with Gasteiger partial charge in [-0.15, -0.1) is 33.0 Å². The molecule has 0 fully saturated rings. The summed E-state index contributed by atoms with van der Waals surface area (Å²) >= 11 is 0. The van der Waals surface area contributed by atoms with E-state index >= 15 is 0 Å². The molecule has 0 radical (unpaired) electrons. The van der Waals surface area contributed by atoms with Crippen molar-refractivity contribution in [3.05, 3.63) is 11.1 Å². The highest BCUT2D eigenvalue weighted by Gasteiger charge is 2.65. The molecule has 0 spiro atoms. The Morgan fingerprint density at radius 2 is 0.911 bits per heavy atom. The highest BCUT2D eigenvalue weighted by atomic mass is 14.8. The Labute approximate surface area is 290 Å². The molecule has 1 aliphatic rings. The Kier molecular flexibility index (Phi) is 8.16. The summed E-state index contributed by atoms with van der Waals surface area (Å²) in [6.45, 7) is 2.54. The third-order valence-electron chi connectivity index (χ3n) is 15.3. The first-order valence-electron chi connectivity index (χ1n) is 17.4. The van der Waals surface area contributed by atoms with E-state index in [1.807, 2.05) is 0 Å². The van der Waals surface area contributed by atoms with Crippen LogP contribution in [0.3, 0.4) is 0 Å². The van der Waals surface area contributed by atoms with Crippen molar-refractivity contribution in [2.24, 2.45) is 0 Å². The van der Waals surface area contributed by atoms with Crippen molar-refractivity contribution in [1.29, 1.82) is 0 Å². The van der Waals surface area contributed by atoms with E-state index in [4.69, 9.17) is 4.98 Å². The summed E-state index contributed by atoms with van der Waals surface area (Å²) in [7, 11) is 45.8. The predicted molar refractivity (Wildman–Crippen MR) is 261 cm³/mol. The Morgan fingerprint density at radius 1 is 0.533 bits per heavy atom. The van der Waals surface area contributed by atoms with E-state index in [0.717, 1.165) is 0 Å². The van der Waals surface area contributed by atoms with Crippen LogP contribution < -0.4 is 60.1 Å². The van der Waals surface area contributed by atoms with E-state index in [0.29, 0.717) is 5.72 Å². The van der Waals surface area contributed by atoms with Gasteiger partial charge in [0.1, 0.15) is 102 Å². The van der Waals surface area contributed by atoms with E-state index in [2.05, 4.69) is 156 Å². The largest absolute Gasteiger partial charge is 0.247 e. The zero-order valence-corrected chi connectivity index (χ0v) is 32.5. The fourth-order valence-electron chi connectivity index (χ4n) is 9.69. The summed E-state index contributed by atoms with van der Waals surface area (Å²) in [6.07, 6.45) is 0. The predicted octanol–water partition coefficient (Wildman–Crippen LogP) is -20.6. The molecular formula is C25H42B19N. The first kappa shape index (κ1) is 34.9. The van der Waals surface area contributed by atoms with Gasteiger partial charge in [-0.2, -0.15) is 0 Å². The maximum Gasteiger partial charge on any atom is 0.139 e. The summed E-state index contributed by atoms with van der Waals surface area (Å²) in [5, 5.41) is 3.91. The van der Waals surface area contributed by atoms with E-state index in [-0.39, 0.29) is 21.1 Å². The molecule has 45 heavy (non-hydrogen) atoms. The molecule has 204 valence electrons. The van der Waals surface area contributed by atoms with Crippen molar-refractivity contribution in [3.63, 3.8) is 0 Å². The van der Waals surface area contributed by atoms with Crippen LogP contribution in [0, 0.1) is 0 Å². The number of hydrogen-bond donors (Lipinski definition) is 0. The summed E-state index contributed by atoms with van der Waals surface area (Å²) in [6, 6.07) is 0. The van der Waals surface area contributed by atoms with Crippen molar-refractivity contribution in [2.75, 3.05) is 0 Å². The van der Waals surface area contributed by atoms with Gasteiger partial charge in [-0.25, -0.2) is 4.98 Å². The van der Waals surface area contributed by atoms with Crippen LogP contribution in [-0.2, 0) is 10.6 Å². The molecule has 4 aromatic rings. The maximum absolute atomic E-state index is 6.05. The molecule has 5 rings (SSSR count). The Bertz CT molecular complexity index is 1970. The molecule has 1 aromatic heterocycles. The highest BCUT2D eigenvalue weighted by molar-refractivity contribution is 6.72. The molecular weight excluding hydrogens is 520 g/mol. The molecule has 0 saturated heterocycles. The molecule has 0 amide bonds. The van der Waals surface area contributed by atoms with Crippen LogP contribution in [-0.4, -0.2) is 154 Å². The topological polar surface area (TPSA) is 12.9 Å². The van der Waals surface area contributed by atoms with Gasteiger partial charge in [-0.05, 0) is 43.5 Å². The van der Waals surface area contributed by atoms with Gasteiger partial charge in [-0.1, -0.05) is 50.1 Å². The Hall–Kier alpha value is -1.44. The number of hydrogen-bond acceptors (Lipinski definition) is 1. The summed E-state index contributed by atoms with van der Waals surface area (Å²) in [5.74, 6) is 0. The van der Waals surface area contributed by atoms with Gasteiger partial charge in [0.15, 0.2) is 0 Å². The normalized spacial score (nSPS) is 21.0. The SMILES string of the molecule is Bc1c(B)c(B)c(-c2nc3c(c(B)c(B)c4c(B)c(B)c(B)c(B)c43)c3c2C(B)(C(B)(B)C(B)B)C(B)(B)C3(B)C)c(B)c1B. The van der Waals surface area contributed by atoms with E-state index in [9.17, 15) is 0 Å². The minimum absolute atomic E-state index is 0.0136. The van der Waals surface area contributed by atoms with Gasteiger partial charge >= 0.3 is 0 Å². The lowest BCUT2D eigenvalue weighted by Gasteiger charge is -2.58. The van der Waals surface area contributed by atoms with Gasteiger partial charge < -0.3 is 0 Å². The molecule has 1 heterocycles. The molecule has 0 bridgehead atoms. The fourth-order valence-corrected chi connectivity index (χ4v) is 9.69. The van der Waals surface area contributed by atoms with Crippen LogP contribution in [0.4, 0.5) is 0 Å². The van der Waals surface area contributed by atoms with Crippen molar-refractivity contribution in [2.45, 2.75) is 33.7 Å². The van der Waals surface area contributed by atoms with Gasteiger partial charge in [-0.3, -0.25) is 0 Å². The molecule has 2 atom stereocenters. The molecule has 3 aromatic carbocycles. The van der Waals surface area contributed by atoms with Crippen LogP contribution in [0.1, 0.15) is 18.1 Å². The second-order valence-corrected chi connectivity index (χ2v) is 17.2. The van der Waals surface area contributed by atoms with Crippen molar-refractivity contribution < 1.29 is 0 Å². The lowest BCUT2D eigenvalue weighted by atomic mass is 9.16. The van der Waals surface area contributed by atoms with E-state index in [1.54, 1.807) is 0 Å². The zero-order chi connectivity index (χ0) is 34.3. The first-order valence-corrected chi connectivity index (χ1v) is 17.4. The third-order valence-corrected chi connectivity index (χ3v) is 15.3. The quantitative estimate of drug-likeness (QED) is 0.179. The van der Waals surface area contributed by atoms with Crippen molar-refractivity contribution in [3.8, 4) is 11.3 Å². The number of aromatic nitrogens is 1. The first-order chi connectivity index (χ1) is 20.4. The molecule has 20 heteroatoms. The summed E-state index contributed by atoms with van der Waals surface area (Å²) < 4.78 is 0. The number of fused-ring (bicyclic) bond motifs is 5. The van der Waals surface area contributed by atoms with Crippen LogP contribution >= 0.6 is 0 Å². The number of pyridine rings is 1. The monoisotopic (exact) mass is 566 g/mol. The highest BCUT2D eigenvalue weighted by Crippen LogP contribution is 2.71. The van der Waals surface area contributed by atoms with E-state index < -0.39 is 0 Å². The van der Waals surface area contributed by atoms with Crippen LogP contribution in [0.25, 0.3) is 32.9 Å². The Balaban J connectivity index is 2.27. The third kappa shape index (κ3) is 4.05. The summed E-state index contributed by atoms with van der Waals surface area (Å²) in [5.41, 5.74) is 22.7. The number of benzene rings is 3. The minimum atomic E-state index is -0.140. The average molecular weight is 562 g/mol. The molecule has 0 saturated carbocycles. The second kappa shape index (κ2) is 10.5. The maximum atomic E-state index is 6.05. The fraction of sp³-hybridized carbons (Fsp3) is 0.240. The lowest BCUT2D eigenvalue weighted by Crippen LogP contribution is -2.57. The lowest BCUT2D eigenvalue weighted by molar-refractivity contribution is 0.430. The molecule has 0 aliphatic heterocycles. The van der Waals surface area contributed by atoms with Crippen LogP contribution in [0.15, 0.2) is 0 Å². The Morgan fingerprint density at radius 3 is 1.38 bits per heavy atom. The van der Waals surface area contributed by atoms with Gasteiger partial charge in [0, 0.05) is 0 Å². The van der Waals surface area contributed by atoms with Crippen LogP contribution in [0.2, 0.25) is 16.1 Å². The molecule has 1 nitrogen and oxygen atoms in total. The summed E-state index contributed by atoms with van der Waals surface area (Å²) in [4.78, 5) is 6.05. The van der Waals surface area contributed by atoms with Crippen LogP contribution in [0.5, 0.6) is 0 Å². The molecule has 2 unspecified atom stereocenters. The zero-order valence-electron chi connectivity index (χ0n) is 32.5. The average Bonchev–Trinajstić information content (AvgIpc) is 3.09.